The van der Waals surface area contributed by atoms with Crippen molar-refractivity contribution in [2.75, 3.05) is 6.61 Å². The topological polar surface area (TPSA) is 90.0 Å². The van der Waals surface area contributed by atoms with Crippen molar-refractivity contribution in [2.24, 2.45) is 0 Å². The number of benzene rings is 2. The maximum Gasteiger partial charge on any atom is 0.180 e. The largest absolute Gasteiger partial charge is 0.493 e. The van der Waals surface area contributed by atoms with Crippen molar-refractivity contribution in [3.8, 4) is 11.5 Å². The van der Waals surface area contributed by atoms with E-state index >= 15 is 0 Å². The van der Waals surface area contributed by atoms with Gasteiger partial charge in [-0.25, -0.2) is 0 Å². The molecule has 0 aliphatic heterocycles. The summed E-state index contributed by atoms with van der Waals surface area (Å²) in [6, 6.07) is 13.8. The summed E-state index contributed by atoms with van der Waals surface area (Å²) in [4.78, 5) is 12.4. The lowest BCUT2D eigenvalue weighted by Gasteiger charge is -2.20. The van der Waals surface area contributed by atoms with Crippen molar-refractivity contribution in [2.45, 2.75) is 84.7 Å². The molecular formula is C28H38N4O3. The van der Waals surface area contributed by atoms with Gasteiger partial charge in [-0.1, -0.05) is 75.6 Å². The lowest BCUT2D eigenvalue weighted by molar-refractivity contribution is 0.101. The second kappa shape index (κ2) is 13.0. The van der Waals surface area contributed by atoms with Gasteiger partial charge in [0.05, 0.1) is 12.2 Å². The highest BCUT2D eigenvalue weighted by Gasteiger charge is 2.24. The molecule has 0 atom stereocenters. The number of hydrogen-bond donors (Lipinski definition) is 1. The van der Waals surface area contributed by atoms with Crippen molar-refractivity contribution in [1.82, 2.24) is 20.6 Å². The Labute approximate surface area is 208 Å². The lowest BCUT2D eigenvalue weighted by atomic mass is 9.86. The second-order valence-electron chi connectivity index (χ2n) is 9.67. The van der Waals surface area contributed by atoms with E-state index in [1.807, 2.05) is 42.5 Å². The number of aryl methyl sites for hydroxylation is 1. The number of tetrazole rings is 1. The van der Waals surface area contributed by atoms with Gasteiger partial charge >= 0.3 is 0 Å². The van der Waals surface area contributed by atoms with Crippen molar-refractivity contribution in [3.05, 3.63) is 65.0 Å². The highest BCUT2D eigenvalue weighted by atomic mass is 16.5. The minimum Gasteiger partial charge on any atom is -0.493 e. The fraction of sp³-hybridized carbons (Fsp3) is 0.500. The molecule has 0 saturated heterocycles. The van der Waals surface area contributed by atoms with Crippen LogP contribution in [-0.4, -0.2) is 33.0 Å². The zero-order valence-electron chi connectivity index (χ0n) is 21.5. The Morgan fingerprint density at radius 3 is 2.49 bits per heavy atom. The Hall–Kier alpha value is -3.22. The van der Waals surface area contributed by atoms with Gasteiger partial charge in [-0.05, 0) is 49.8 Å². The number of H-pyrrole nitrogens is 1. The van der Waals surface area contributed by atoms with E-state index in [-0.39, 0.29) is 11.2 Å². The third-order valence-corrected chi connectivity index (χ3v) is 6.23. The number of nitrogens with one attached hydrogen (secondary N) is 1. The minimum atomic E-state index is -0.102. The molecule has 0 fully saturated rings. The lowest BCUT2D eigenvalue weighted by Crippen LogP contribution is -2.19. The Morgan fingerprint density at radius 2 is 1.80 bits per heavy atom. The molecule has 2 aromatic carbocycles. The predicted octanol–water partition coefficient (Wildman–Crippen LogP) is 6.24. The van der Waals surface area contributed by atoms with E-state index in [2.05, 4.69) is 41.4 Å². The first-order valence-electron chi connectivity index (χ1n) is 12.6. The van der Waals surface area contributed by atoms with E-state index in [1.165, 1.54) is 0 Å². The molecule has 1 N–H and O–H groups in total. The van der Waals surface area contributed by atoms with E-state index in [0.717, 1.165) is 67.6 Å². The predicted molar refractivity (Wildman–Crippen MR) is 137 cm³/mol. The van der Waals surface area contributed by atoms with E-state index in [1.54, 1.807) is 6.92 Å². The Kier molecular flexibility index (Phi) is 9.82. The molecule has 3 aromatic rings. The summed E-state index contributed by atoms with van der Waals surface area (Å²) in [7, 11) is 0. The Morgan fingerprint density at radius 1 is 1.00 bits per heavy atom. The van der Waals surface area contributed by atoms with Crippen molar-refractivity contribution >= 4 is 5.78 Å². The van der Waals surface area contributed by atoms with Gasteiger partial charge in [0.2, 0.25) is 0 Å². The number of rotatable bonds is 15. The summed E-state index contributed by atoms with van der Waals surface area (Å²) in [5, 5.41) is 14.5. The molecule has 188 valence electrons. The van der Waals surface area contributed by atoms with Gasteiger partial charge in [0.15, 0.2) is 11.6 Å². The summed E-state index contributed by atoms with van der Waals surface area (Å²) in [6.07, 6.45) is 7.05. The molecule has 1 aromatic heterocycles. The fourth-order valence-electron chi connectivity index (χ4n) is 4.02. The van der Waals surface area contributed by atoms with Crippen LogP contribution in [0.25, 0.3) is 0 Å². The number of nitrogens with zero attached hydrogens (tertiary/aromatic N) is 3. The first-order chi connectivity index (χ1) is 16.9. The number of aromatic amines is 1. The van der Waals surface area contributed by atoms with Gasteiger partial charge in [-0.3, -0.25) is 4.79 Å². The normalized spacial score (nSPS) is 11.4. The highest BCUT2D eigenvalue weighted by Crippen LogP contribution is 2.32. The van der Waals surface area contributed by atoms with Crippen LogP contribution in [0.4, 0.5) is 0 Å². The number of unbranched alkanes of at least 4 members (excludes halogenated alkanes) is 3. The van der Waals surface area contributed by atoms with Crippen molar-refractivity contribution in [1.29, 1.82) is 0 Å². The third-order valence-electron chi connectivity index (χ3n) is 6.23. The van der Waals surface area contributed by atoms with Crippen LogP contribution < -0.4 is 9.47 Å². The fourth-order valence-corrected chi connectivity index (χ4v) is 4.02. The minimum absolute atomic E-state index is 0.00146. The van der Waals surface area contributed by atoms with Crippen molar-refractivity contribution < 1.29 is 14.3 Å². The zero-order chi connectivity index (χ0) is 25.1. The van der Waals surface area contributed by atoms with E-state index in [9.17, 15) is 4.79 Å². The number of Topliss-reactive ketones (excluding diaryl/α,β-unsaturated/α-hetero) is 1. The summed E-state index contributed by atoms with van der Waals surface area (Å²) >= 11 is 0. The van der Waals surface area contributed by atoms with Crippen LogP contribution in [0.2, 0.25) is 0 Å². The Balaban J connectivity index is 1.61. The molecular weight excluding hydrogens is 440 g/mol. The molecule has 3 rings (SSSR count). The van der Waals surface area contributed by atoms with Gasteiger partial charge in [0.1, 0.15) is 18.1 Å². The number of hydrogen-bond acceptors (Lipinski definition) is 6. The molecule has 0 aliphatic carbocycles. The van der Waals surface area contributed by atoms with Crippen LogP contribution in [0.3, 0.4) is 0 Å². The smallest absolute Gasteiger partial charge is 0.180 e. The van der Waals surface area contributed by atoms with Gasteiger partial charge in [-0.15, -0.1) is 10.2 Å². The van der Waals surface area contributed by atoms with Crippen LogP contribution >= 0.6 is 0 Å². The van der Waals surface area contributed by atoms with Crippen molar-refractivity contribution in [3.63, 3.8) is 0 Å². The van der Waals surface area contributed by atoms with Crippen LogP contribution in [0.15, 0.2) is 42.5 Å². The summed E-state index contributed by atoms with van der Waals surface area (Å²) in [5.74, 6) is 2.15. The zero-order valence-corrected chi connectivity index (χ0v) is 21.5. The summed E-state index contributed by atoms with van der Waals surface area (Å²) in [6.45, 7) is 9.07. The SMILES string of the molecule is CCCCc1cc(C(C)=O)c(OCc2ccccc2)cc1OCCCCCC(C)(C)c1nn[nH]n1. The number of ether oxygens (including phenoxy) is 2. The molecule has 35 heavy (non-hydrogen) atoms. The van der Waals surface area contributed by atoms with E-state index in [0.29, 0.717) is 24.5 Å². The molecule has 0 unspecified atom stereocenters. The average Bonchev–Trinajstić information content (AvgIpc) is 3.40. The number of carbonyl (C=O) groups excluding carboxylic acids is 1. The van der Waals surface area contributed by atoms with E-state index < -0.39 is 0 Å². The maximum absolute atomic E-state index is 12.4. The molecule has 0 radical (unpaired) electrons. The first kappa shape index (κ1) is 26.4. The molecule has 7 nitrogen and oxygen atoms in total. The van der Waals surface area contributed by atoms with Gasteiger partial charge in [0.25, 0.3) is 0 Å². The molecule has 7 heteroatoms. The maximum atomic E-state index is 12.4. The van der Waals surface area contributed by atoms with E-state index in [4.69, 9.17) is 9.47 Å². The second-order valence-corrected chi connectivity index (χ2v) is 9.67. The summed E-state index contributed by atoms with van der Waals surface area (Å²) in [5.41, 5.74) is 2.64. The van der Waals surface area contributed by atoms with Crippen LogP contribution in [-0.2, 0) is 18.4 Å². The molecule has 0 bridgehead atoms. The van der Waals surface area contributed by atoms with Gasteiger partial charge in [0, 0.05) is 11.5 Å². The highest BCUT2D eigenvalue weighted by molar-refractivity contribution is 5.97. The molecule has 0 amide bonds. The number of aromatic nitrogens is 4. The molecule has 0 saturated carbocycles. The summed E-state index contributed by atoms with van der Waals surface area (Å²) < 4.78 is 12.3. The quantitative estimate of drug-likeness (QED) is 0.205. The standard InChI is InChI=1S/C28H38N4O3/c1-5-6-15-23-18-24(21(2)33)26(35-20-22-13-9-7-10-14-22)19-25(23)34-17-12-8-11-16-28(3,4)27-29-31-32-30-27/h7,9-10,13-14,18-19H,5-6,8,11-12,15-17,20H2,1-4H3,(H,29,30,31,32). The Bertz CT molecular complexity index is 1050. The van der Waals surface area contributed by atoms with Gasteiger partial charge in [-0.2, -0.15) is 5.21 Å². The van der Waals surface area contributed by atoms with Crippen LogP contribution in [0, 0.1) is 0 Å². The van der Waals surface area contributed by atoms with Crippen LogP contribution in [0.1, 0.15) is 93.5 Å². The molecule has 0 aliphatic rings. The van der Waals surface area contributed by atoms with Crippen LogP contribution in [0.5, 0.6) is 11.5 Å². The average molecular weight is 479 g/mol. The first-order valence-corrected chi connectivity index (χ1v) is 12.6. The number of ketones is 1. The monoisotopic (exact) mass is 478 g/mol. The van der Waals surface area contributed by atoms with Gasteiger partial charge < -0.3 is 9.47 Å². The molecule has 1 heterocycles. The number of carbonyl (C=O) groups is 1. The third kappa shape index (κ3) is 7.91. The molecule has 0 spiro atoms.